The third-order valence-electron chi connectivity index (χ3n) is 2.85. The van der Waals surface area contributed by atoms with Gasteiger partial charge in [0.1, 0.15) is 0 Å². The fourth-order valence-electron chi connectivity index (χ4n) is 1.94. The second-order valence-electron chi connectivity index (χ2n) is 4.53. The number of carboxylic acids is 1. The molecule has 0 aliphatic heterocycles. The van der Waals surface area contributed by atoms with Gasteiger partial charge in [0.25, 0.3) is 0 Å². The molecule has 0 fully saturated rings. The van der Waals surface area contributed by atoms with E-state index in [0.717, 1.165) is 22.4 Å². The number of aliphatic carboxylic acids is 1. The van der Waals surface area contributed by atoms with Crippen LogP contribution >= 0.6 is 0 Å². The first-order chi connectivity index (χ1) is 9.54. The maximum Gasteiger partial charge on any atom is 0.307 e. The zero-order valence-electron chi connectivity index (χ0n) is 11.1. The molecule has 0 aliphatic carbocycles. The first-order valence-electron chi connectivity index (χ1n) is 6.23. The smallest absolute Gasteiger partial charge is 0.307 e. The Bertz CT molecular complexity index is 558. The maximum absolute atomic E-state index is 10.9. The number of nitrogens with one attached hydrogen (secondary N) is 1. The Kier molecular flexibility index (Phi) is 4.15. The van der Waals surface area contributed by atoms with Gasteiger partial charge in [0.05, 0.1) is 6.42 Å². The van der Waals surface area contributed by atoms with Gasteiger partial charge in [0, 0.05) is 12.6 Å². The van der Waals surface area contributed by atoms with Crippen LogP contribution in [0.3, 0.4) is 0 Å². The predicted molar refractivity (Wildman–Crippen MR) is 77.5 cm³/mol. The van der Waals surface area contributed by atoms with Crippen LogP contribution < -0.4 is 5.32 Å². The number of hydrogen-bond acceptors (Lipinski definition) is 2. The molecule has 0 spiro atoms. The largest absolute Gasteiger partial charge is 0.481 e. The van der Waals surface area contributed by atoms with Crippen LogP contribution in [0.5, 0.6) is 0 Å². The lowest BCUT2D eigenvalue weighted by atomic mass is 10.0. The van der Waals surface area contributed by atoms with E-state index in [1.165, 1.54) is 6.92 Å². The average molecular weight is 269 g/mol. The molecule has 0 bridgehead atoms. The monoisotopic (exact) mass is 269 g/mol. The van der Waals surface area contributed by atoms with Crippen molar-refractivity contribution < 1.29 is 14.7 Å². The van der Waals surface area contributed by atoms with Crippen LogP contribution in [-0.2, 0) is 16.0 Å². The van der Waals surface area contributed by atoms with Gasteiger partial charge in [-0.25, -0.2) is 0 Å². The van der Waals surface area contributed by atoms with E-state index in [-0.39, 0.29) is 12.3 Å². The molecular formula is C16H15NO3. The van der Waals surface area contributed by atoms with Crippen molar-refractivity contribution in [2.24, 2.45) is 0 Å². The highest BCUT2D eigenvalue weighted by atomic mass is 16.4. The van der Waals surface area contributed by atoms with E-state index in [9.17, 15) is 9.59 Å². The first-order valence-corrected chi connectivity index (χ1v) is 6.23. The highest BCUT2D eigenvalue weighted by molar-refractivity contribution is 5.89. The van der Waals surface area contributed by atoms with Crippen LogP contribution in [0.15, 0.2) is 48.5 Å². The van der Waals surface area contributed by atoms with Crippen molar-refractivity contribution in [3.63, 3.8) is 0 Å². The van der Waals surface area contributed by atoms with Crippen LogP contribution in [0.2, 0.25) is 0 Å². The molecule has 2 rings (SSSR count). The van der Waals surface area contributed by atoms with Gasteiger partial charge in [-0.15, -0.1) is 0 Å². The third kappa shape index (κ3) is 3.68. The molecule has 0 saturated carbocycles. The molecule has 0 saturated heterocycles. The number of carbonyl (C=O) groups excluding carboxylic acids is 1. The molecule has 102 valence electrons. The van der Waals surface area contributed by atoms with Gasteiger partial charge < -0.3 is 10.4 Å². The number of carboxylic acid groups (broad SMARTS) is 1. The van der Waals surface area contributed by atoms with Gasteiger partial charge in [-0.2, -0.15) is 0 Å². The summed E-state index contributed by atoms with van der Waals surface area (Å²) in [5.74, 6) is -0.937. The minimum Gasteiger partial charge on any atom is -0.481 e. The van der Waals surface area contributed by atoms with Gasteiger partial charge in [-0.05, 0) is 28.8 Å². The van der Waals surface area contributed by atoms with E-state index in [2.05, 4.69) is 5.32 Å². The zero-order chi connectivity index (χ0) is 14.5. The first kappa shape index (κ1) is 13.8. The van der Waals surface area contributed by atoms with Crippen molar-refractivity contribution >= 4 is 17.6 Å². The number of benzene rings is 2. The van der Waals surface area contributed by atoms with Crippen LogP contribution in [-0.4, -0.2) is 17.0 Å². The summed E-state index contributed by atoms with van der Waals surface area (Å²) in [5.41, 5.74) is 3.55. The summed E-state index contributed by atoms with van der Waals surface area (Å²) < 4.78 is 0. The highest BCUT2D eigenvalue weighted by Crippen LogP contribution is 2.22. The minimum atomic E-state index is -0.836. The number of carbonyl (C=O) groups is 2. The van der Waals surface area contributed by atoms with E-state index >= 15 is 0 Å². The molecule has 2 N–H and O–H groups in total. The van der Waals surface area contributed by atoms with Gasteiger partial charge in [-0.3, -0.25) is 9.59 Å². The van der Waals surface area contributed by atoms with Gasteiger partial charge >= 0.3 is 5.97 Å². The summed E-state index contributed by atoms with van der Waals surface area (Å²) in [4.78, 5) is 21.5. The molecule has 4 heteroatoms. The molecule has 1 amide bonds. The summed E-state index contributed by atoms with van der Waals surface area (Å²) in [6.45, 7) is 1.47. The Balaban J connectivity index is 2.15. The van der Waals surface area contributed by atoms with Gasteiger partial charge in [-0.1, -0.05) is 36.4 Å². The molecule has 20 heavy (non-hydrogen) atoms. The van der Waals surface area contributed by atoms with Crippen molar-refractivity contribution in [3.05, 3.63) is 54.1 Å². The fourth-order valence-corrected chi connectivity index (χ4v) is 1.94. The Morgan fingerprint density at radius 2 is 1.45 bits per heavy atom. The molecule has 0 radical (unpaired) electrons. The minimum absolute atomic E-state index is 0.0295. The lowest BCUT2D eigenvalue weighted by Crippen LogP contribution is -2.05. The fraction of sp³-hybridized carbons (Fsp3) is 0.125. The van der Waals surface area contributed by atoms with Gasteiger partial charge in [0.2, 0.25) is 5.91 Å². The summed E-state index contributed by atoms with van der Waals surface area (Å²) in [6.07, 6.45) is 0.0295. The lowest BCUT2D eigenvalue weighted by Gasteiger charge is -2.06. The number of rotatable bonds is 4. The Morgan fingerprint density at radius 1 is 0.950 bits per heavy atom. The third-order valence-corrected chi connectivity index (χ3v) is 2.85. The highest BCUT2D eigenvalue weighted by Gasteiger charge is 2.02. The van der Waals surface area contributed by atoms with E-state index in [0.29, 0.717) is 0 Å². The van der Waals surface area contributed by atoms with E-state index < -0.39 is 5.97 Å². The van der Waals surface area contributed by atoms with Crippen molar-refractivity contribution in [3.8, 4) is 11.1 Å². The molecule has 2 aromatic rings. The second-order valence-corrected chi connectivity index (χ2v) is 4.53. The molecule has 0 aromatic heterocycles. The van der Waals surface area contributed by atoms with Gasteiger partial charge in [0.15, 0.2) is 0 Å². The van der Waals surface area contributed by atoms with Crippen molar-refractivity contribution in [1.29, 1.82) is 0 Å². The van der Waals surface area contributed by atoms with E-state index in [1.807, 2.05) is 48.5 Å². The number of hydrogen-bond donors (Lipinski definition) is 2. The van der Waals surface area contributed by atoms with Crippen LogP contribution in [0.25, 0.3) is 11.1 Å². The van der Waals surface area contributed by atoms with Crippen molar-refractivity contribution in [2.45, 2.75) is 13.3 Å². The normalized spacial score (nSPS) is 10.1. The average Bonchev–Trinajstić information content (AvgIpc) is 2.39. The SMILES string of the molecule is CC(=O)Nc1ccc(-c2ccc(CC(=O)O)cc2)cc1. The van der Waals surface area contributed by atoms with Crippen molar-refractivity contribution in [2.75, 3.05) is 5.32 Å². The molecular weight excluding hydrogens is 254 g/mol. The maximum atomic E-state index is 10.9. The summed E-state index contributed by atoms with van der Waals surface area (Å²) in [6, 6.07) is 14.9. The molecule has 4 nitrogen and oxygen atoms in total. The van der Waals surface area contributed by atoms with Crippen LogP contribution in [0, 0.1) is 0 Å². The molecule has 0 heterocycles. The van der Waals surface area contributed by atoms with Crippen LogP contribution in [0.1, 0.15) is 12.5 Å². The molecule has 2 aromatic carbocycles. The predicted octanol–water partition coefficient (Wildman–Crippen LogP) is 2.94. The Hall–Kier alpha value is -2.62. The number of amides is 1. The second kappa shape index (κ2) is 6.02. The molecule has 0 atom stereocenters. The summed E-state index contributed by atoms with van der Waals surface area (Å²) in [5, 5.41) is 11.4. The number of anilines is 1. The standard InChI is InChI=1S/C16H15NO3/c1-11(18)17-15-8-6-14(7-9-15)13-4-2-12(3-5-13)10-16(19)20/h2-9H,10H2,1H3,(H,17,18)(H,19,20). The van der Waals surface area contributed by atoms with E-state index in [4.69, 9.17) is 5.11 Å². The Morgan fingerprint density at radius 3 is 1.90 bits per heavy atom. The molecule has 0 unspecified atom stereocenters. The van der Waals surface area contributed by atoms with Crippen LogP contribution in [0.4, 0.5) is 5.69 Å². The quantitative estimate of drug-likeness (QED) is 0.896. The van der Waals surface area contributed by atoms with E-state index in [1.54, 1.807) is 0 Å². The zero-order valence-corrected chi connectivity index (χ0v) is 11.1. The van der Waals surface area contributed by atoms with Crippen molar-refractivity contribution in [1.82, 2.24) is 0 Å². The summed E-state index contributed by atoms with van der Waals surface area (Å²) >= 11 is 0. The topological polar surface area (TPSA) is 66.4 Å². The lowest BCUT2D eigenvalue weighted by molar-refractivity contribution is -0.136. The molecule has 0 aliphatic rings. The summed E-state index contributed by atoms with van der Waals surface area (Å²) in [7, 11) is 0. The Labute approximate surface area is 117 Å².